The van der Waals surface area contributed by atoms with Crippen LogP contribution in [-0.4, -0.2) is 18.3 Å². The molecule has 2 fully saturated rings. The lowest BCUT2D eigenvalue weighted by atomic mass is 9.97. The predicted octanol–water partition coefficient (Wildman–Crippen LogP) is 3.06. The van der Waals surface area contributed by atoms with Crippen LogP contribution in [0.25, 0.3) is 0 Å². The van der Waals surface area contributed by atoms with E-state index in [1.54, 1.807) is 0 Å². The van der Waals surface area contributed by atoms with Crippen LogP contribution in [0.1, 0.15) is 49.1 Å². The van der Waals surface area contributed by atoms with E-state index in [1.165, 1.54) is 43.2 Å². The van der Waals surface area contributed by atoms with Crippen LogP contribution in [0.15, 0.2) is 24.3 Å². The Morgan fingerprint density at radius 1 is 1.00 bits per heavy atom. The Kier molecular flexibility index (Phi) is 4.19. The van der Waals surface area contributed by atoms with Crippen LogP contribution in [0.2, 0.25) is 0 Å². The second kappa shape index (κ2) is 6.06. The highest BCUT2D eigenvalue weighted by atomic mass is 16.3. The van der Waals surface area contributed by atoms with Gasteiger partial charge in [-0.25, -0.2) is 0 Å². The molecule has 19 heavy (non-hydrogen) atoms. The summed E-state index contributed by atoms with van der Waals surface area (Å²) >= 11 is 0. The van der Waals surface area contributed by atoms with Gasteiger partial charge in [-0.1, -0.05) is 30.7 Å². The third kappa shape index (κ3) is 3.37. The van der Waals surface area contributed by atoms with Gasteiger partial charge in [0.25, 0.3) is 0 Å². The molecule has 2 saturated carbocycles. The SMILES string of the molecule is OCC1CCCC1CNCc1ccc(C2CC2)cc1. The molecule has 2 nitrogen and oxygen atoms in total. The summed E-state index contributed by atoms with van der Waals surface area (Å²) in [5.74, 6) is 2.06. The lowest BCUT2D eigenvalue weighted by molar-refractivity contribution is 0.192. The molecule has 2 heteroatoms. The van der Waals surface area contributed by atoms with Gasteiger partial charge >= 0.3 is 0 Å². The number of benzene rings is 1. The van der Waals surface area contributed by atoms with Crippen molar-refractivity contribution in [2.45, 2.75) is 44.6 Å². The maximum atomic E-state index is 9.31. The zero-order valence-corrected chi connectivity index (χ0v) is 11.6. The van der Waals surface area contributed by atoms with Gasteiger partial charge in [-0.15, -0.1) is 0 Å². The Morgan fingerprint density at radius 2 is 1.74 bits per heavy atom. The van der Waals surface area contributed by atoms with Crippen LogP contribution in [0.5, 0.6) is 0 Å². The Labute approximate surface area is 116 Å². The Hall–Kier alpha value is -0.860. The summed E-state index contributed by atoms with van der Waals surface area (Å²) in [6.45, 7) is 2.37. The Balaban J connectivity index is 1.44. The smallest absolute Gasteiger partial charge is 0.0462 e. The van der Waals surface area contributed by atoms with Gasteiger partial charge in [0.1, 0.15) is 0 Å². The molecule has 0 radical (unpaired) electrons. The van der Waals surface area contributed by atoms with Crippen molar-refractivity contribution >= 4 is 0 Å². The monoisotopic (exact) mass is 259 g/mol. The molecule has 0 bridgehead atoms. The maximum Gasteiger partial charge on any atom is 0.0462 e. The minimum absolute atomic E-state index is 0.364. The van der Waals surface area contributed by atoms with Crippen molar-refractivity contribution in [2.24, 2.45) is 11.8 Å². The first-order valence-corrected chi connectivity index (χ1v) is 7.77. The summed E-state index contributed by atoms with van der Waals surface area (Å²) < 4.78 is 0. The predicted molar refractivity (Wildman–Crippen MR) is 78.0 cm³/mol. The average Bonchev–Trinajstić information content (AvgIpc) is 3.19. The van der Waals surface area contributed by atoms with Crippen LogP contribution >= 0.6 is 0 Å². The summed E-state index contributed by atoms with van der Waals surface area (Å²) in [4.78, 5) is 0. The first-order chi connectivity index (χ1) is 9.36. The molecule has 1 aromatic carbocycles. The molecule has 0 aromatic heterocycles. The van der Waals surface area contributed by atoms with Gasteiger partial charge in [0.05, 0.1) is 0 Å². The highest BCUT2D eigenvalue weighted by molar-refractivity contribution is 5.27. The zero-order chi connectivity index (χ0) is 13.1. The summed E-state index contributed by atoms with van der Waals surface area (Å²) in [5, 5.41) is 12.9. The fraction of sp³-hybridized carbons (Fsp3) is 0.647. The molecule has 104 valence electrons. The number of aliphatic hydroxyl groups is 1. The second-order valence-corrected chi connectivity index (χ2v) is 6.28. The molecule has 0 saturated heterocycles. The number of aliphatic hydroxyl groups excluding tert-OH is 1. The molecule has 2 N–H and O–H groups in total. The van der Waals surface area contributed by atoms with E-state index in [0.717, 1.165) is 19.0 Å². The van der Waals surface area contributed by atoms with Crippen molar-refractivity contribution < 1.29 is 5.11 Å². The third-order valence-electron chi connectivity index (χ3n) is 4.82. The standard InChI is InChI=1S/C17H25NO/c19-12-17-3-1-2-16(17)11-18-10-13-4-6-14(7-5-13)15-8-9-15/h4-7,15-19H,1-3,8-12H2. The number of hydrogen-bond donors (Lipinski definition) is 2. The van der Waals surface area contributed by atoms with Crippen LogP contribution in [0, 0.1) is 11.8 Å². The lowest BCUT2D eigenvalue weighted by Gasteiger charge is -2.17. The molecular formula is C17H25NO. The van der Waals surface area contributed by atoms with E-state index in [1.807, 2.05) is 0 Å². The molecule has 2 unspecified atom stereocenters. The Bertz CT molecular complexity index is 396. The van der Waals surface area contributed by atoms with Crippen molar-refractivity contribution in [1.29, 1.82) is 0 Å². The summed E-state index contributed by atoms with van der Waals surface area (Å²) in [6, 6.07) is 9.11. The number of nitrogens with one attached hydrogen (secondary N) is 1. The van der Waals surface area contributed by atoms with Crippen LogP contribution in [0.3, 0.4) is 0 Å². The van der Waals surface area contributed by atoms with Crippen LogP contribution < -0.4 is 5.32 Å². The highest BCUT2D eigenvalue weighted by Crippen LogP contribution is 2.39. The third-order valence-corrected chi connectivity index (χ3v) is 4.82. The van der Waals surface area contributed by atoms with Gasteiger partial charge in [-0.3, -0.25) is 0 Å². The topological polar surface area (TPSA) is 32.3 Å². The summed E-state index contributed by atoms with van der Waals surface area (Å²) in [5.41, 5.74) is 2.89. The van der Waals surface area contributed by atoms with Gasteiger partial charge in [-0.2, -0.15) is 0 Å². The van der Waals surface area contributed by atoms with Crippen LogP contribution in [0.4, 0.5) is 0 Å². The van der Waals surface area contributed by atoms with E-state index in [9.17, 15) is 5.11 Å². The van der Waals surface area contributed by atoms with Crippen molar-refractivity contribution in [3.63, 3.8) is 0 Å². The molecular weight excluding hydrogens is 234 g/mol. The van der Waals surface area contributed by atoms with E-state index in [0.29, 0.717) is 18.4 Å². The fourth-order valence-electron chi connectivity index (χ4n) is 3.35. The minimum Gasteiger partial charge on any atom is -0.396 e. The molecule has 0 heterocycles. The molecule has 0 spiro atoms. The van der Waals surface area contributed by atoms with E-state index < -0.39 is 0 Å². The molecule has 3 rings (SSSR count). The summed E-state index contributed by atoms with van der Waals surface area (Å²) in [7, 11) is 0. The van der Waals surface area contributed by atoms with Crippen molar-refractivity contribution in [2.75, 3.05) is 13.2 Å². The molecule has 1 aromatic rings. The second-order valence-electron chi connectivity index (χ2n) is 6.28. The summed E-state index contributed by atoms with van der Waals surface area (Å²) in [6.07, 6.45) is 6.52. The van der Waals surface area contributed by atoms with Gasteiger partial charge in [0.15, 0.2) is 0 Å². The van der Waals surface area contributed by atoms with Gasteiger partial charge in [-0.05, 0) is 61.1 Å². The largest absolute Gasteiger partial charge is 0.396 e. The highest BCUT2D eigenvalue weighted by Gasteiger charge is 2.26. The molecule has 0 amide bonds. The van der Waals surface area contributed by atoms with Gasteiger partial charge in [0.2, 0.25) is 0 Å². The maximum absolute atomic E-state index is 9.31. The molecule has 2 atom stereocenters. The lowest BCUT2D eigenvalue weighted by Crippen LogP contribution is -2.26. The van der Waals surface area contributed by atoms with E-state index >= 15 is 0 Å². The minimum atomic E-state index is 0.364. The normalized spacial score (nSPS) is 26.8. The number of hydrogen-bond acceptors (Lipinski definition) is 2. The molecule has 2 aliphatic rings. The quantitative estimate of drug-likeness (QED) is 0.823. The zero-order valence-electron chi connectivity index (χ0n) is 11.6. The van der Waals surface area contributed by atoms with Crippen molar-refractivity contribution in [1.82, 2.24) is 5.32 Å². The van der Waals surface area contributed by atoms with Gasteiger partial charge < -0.3 is 10.4 Å². The van der Waals surface area contributed by atoms with E-state index in [-0.39, 0.29) is 0 Å². The van der Waals surface area contributed by atoms with E-state index in [4.69, 9.17) is 0 Å². The fourth-order valence-corrected chi connectivity index (χ4v) is 3.35. The molecule has 0 aliphatic heterocycles. The molecule has 2 aliphatic carbocycles. The van der Waals surface area contributed by atoms with Crippen molar-refractivity contribution in [3.05, 3.63) is 35.4 Å². The average molecular weight is 259 g/mol. The van der Waals surface area contributed by atoms with E-state index in [2.05, 4.69) is 29.6 Å². The first-order valence-electron chi connectivity index (χ1n) is 7.77. The van der Waals surface area contributed by atoms with Crippen LogP contribution in [-0.2, 0) is 6.54 Å². The first kappa shape index (κ1) is 13.1. The number of rotatable bonds is 6. The van der Waals surface area contributed by atoms with Gasteiger partial charge in [0, 0.05) is 13.2 Å². The van der Waals surface area contributed by atoms with Crippen molar-refractivity contribution in [3.8, 4) is 0 Å². The Morgan fingerprint density at radius 3 is 2.42 bits per heavy atom.